The fourth-order valence-corrected chi connectivity index (χ4v) is 3.71. The first kappa shape index (κ1) is 19.3. The van der Waals surface area contributed by atoms with Gasteiger partial charge in [0.15, 0.2) is 0 Å². The van der Waals surface area contributed by atoms with Gasteiger partial charge in [-0.3, -0.25) is 0 Å². The van der Waals surface area contributed by atoms with Crippen LogP contribution in [-0.4, -0.2) is 22.3 Å². The first-order valence-electron chi connectivity index (χ1n) is 9.19. The number of phenolic OH excluding ortho intramolecular Hbond substituents is 1. The first-order chi connectivity index (χ1) is 11.9. The number of rotatable bonds is 7. The van der Waals surface area contributed by atoms with E-state index in [0.717, 1.165) is 17.5 Å². The third-order valence-electron chi connectivity index (χ3n) is 4.74. The van der Waals surface area contributed by atoms with Gasteiger partial charge in [-0.05, 0) is 69.5 Å². The molecule has 0 aliphatic heterocycles. The Bertz CT molecular complexity index is 686. The maximum absolute atomic E-state index is 10.4. The summed E-state index contributed by atoms with van der Waals surface area (Å²) in [6, 6.07) is 14.8. The lowest BCUT2D eigenvalue weighted by atomic mass is 9.87. The van der Waals surface area contributed by atoms with Crippen molar-refractivity contribution in [2.45, 2.75) is 65.6 Å². The molecule has 2 aromatic rings. The van der Waals surface area contributed by atoms with E-state index in [1.807, 2.05) is 6.07 Å². The van der Waals surface area contributed by atoms with Crippen LogP contribution in [-0.2, 0) is 6.61 Å². The zero-order valence-electron chi connectivity index (χ0n) is 16.0. The Hall–Kier alpha value is -2.00. The summed E-state index contributed by atoms with van der Waals surface area (Å²) >= 11 is 0. The quantitative estimate of drug-likeness (QED) is 0.740. The molecule has 3 nitrogen and oxygen atoms in total. The molecule has 3 heteroatoms. The number of anilines is 1. The molecular formula is C22H31NO2. The van der Waals surface area contributed by atoms with Crippen LogP contribution >= 0.6 is 0 Å². The van der Waals surface area contributed by atoms with Crippen LogP contribution in [0.15, 0.2) is 42.5 Å². The van der Waals surface area contributed by atoms with Crippen molar-refractivity contribution in [3.05, 3.63) is 59.2 Å². The van der Waals surface area contributed by atoms with E-state index in [-0.39, 0.29) is 12.5 Å². The maximum Gasteiger partial charge on any atom is 0.119 e. The normalized spacial score (nSPS) is 12.6. The van der Waals surface area contributed by atoms with Crippen molar-refractivity contribution in [2.24, 2.45) is 0 Å². The second-order valence-electron chi connectivity index (χ2n) is 7.20. The third kappa shape index (κ3) is 4.35. The molecule has 1 atom stereocenters. The summed E-state index contributed by atoms with van der Waals surface area (Å²) in [6.45, 7) is 10.9. The minimum atomic E-state index is -0.0156. The molecule has 0 bridgehead atoms. The highest BCUT2D eigenvalue weighted by Gasteiger charge is 2.19. The van der Waals surface area contributed by atoms with Gasteiger partial charge in [-0.2, -0.15) is 0 Å². The summed E-state index contributed by atoms with van der Waals surface area (Å²) in [6.07, 6.45) is 0.884. The van der Waals surface area contributed by atoms with E-state index >= 15 is 0 Å². The largest absolute Gasteiger partial charge is 0.508 e. The monoisotopic (exact) mass is 341 g/mol. The van der Waals surface area contributed by atoms with Gasteiger partial charge < -0.3 is 15.1 Å². The van der Waals surface area contributed by atoms with Gasteiger partial charge in [0.1, 0.15) is 5.75 Å². The highest BCUT2D eigenvalue weighted by atomic mass is 16.3. The summed E-state index contributed by atoms with van der Waals surface area (Å²) in [7, 11) is 0. The Morgan fingerprint density at radius 2 is 1.64 bits per heavy atom. The minimum Gasteiger partial charge on any atom is -0.508 e. The molecule has 0 saturated carbocycles. The number of hydrogen-bond acceptors (Lipinski definition) is 3. The van der Waals surface area contributed by atoms with Crippen molar-refractivity contribution in [1.82, 2.24) is 0 Å². The van der Waals surface area contributed by atoms with Crippen LogP contribution in [0.3, 0.4) is 0 Å². The van der Waals surface area contributed by atoms with Gasteiger partial charge in [-0.15, -0.1) is 0 Å². The van der Waals surface area contributed by atoms with Gasteiger partial charge in [0.05, 0.1) is 6.61 Å². The zero-order chi connectivity index (χ0) is 18.6. The lowest BCUT2D eigenvalue weighted by molar-refractivity contribution is 0.281. The summed E-state index contributed by atoms with van der Waals surface area (Å²) in [5.74, 6) is 0.395. The molecule has 0 unspecified atom stereocenters. The van der Waals surface area contributed by atoms with E-state index < -0.39 is 0 Å². The van der Waals surface area contributed by atoms with E-state index in [9.17, 15) is 10.2 Å². The molecule has 0 saturated heterocycles. The number of aliphatic hydroxyl groups is 1. The first-order valence-corrected chi connectivity index (χ1v) is 9.19. The molecule has 0 fully saturated rings. The fourth-order valence-electron chi connectivity index (χ4n) is 3.71. The van der Waals surface area contributed by atoms with Crippen molar-refractivity contribution < 1.29 is 10.2 Å². The van der Waals surface area contributed by atoms with Gasteiger partial charge in [0, 0.05) is 29.3 Å². The van der Waals surface area contributed by atoms with E-state index in [4.69, 9.17) is 0 Å². The van der Waals surface area contributed by atoms with Crippen LogP contribution in [0, 0.1) is 0 Å². The number of aromatic hydroxyl groups is 1. The number of aliphatic hydroxyl groups excluding tert-OH is 1. The van der Waals surface area contributed by atoms with Crippen molar-refractivity contribution in [1.29, 1.82) is 0 Å². The number of benzene rings is 2. The molecule has 0 heterocycles. The van der Waals surface area contributed by atoms with E-state index in [1.54, 1.807) is 12.1 Å². The zero-order valence-corrected chi connectivity index (χ0v) is 16.0. The maximum atomic E-state index is 10.4. The predicted molar refractivity (Wildman–Crippen MR) is 105 cm³/mol. The van der Waals surface area contributed by atoms with Crippen molar-refractivity contribution in [3.63, 3.8) is 0 Å². The van der Waals surface area contributed by atoms with E-state index in [1.165, 1.54) is 11.3 Å². The van der Waals surface area contributed by atoms with Gasteiger partial charge in [-0.1, -0.05) is 25.1 Å². The van der Waals surface area contributed by atoms with E-state index in [0.29, 0.717) is 17.8 Å². The number of nitrogens with zero attached hydrogens (tertiary/aromatic N) is 1. The molecule has 0 spiro atoms. The van der Waals surface area contributed by atoms with Crippen LogP contribution in [0.2, 0.25) is 0 Å². The van der Waals surface area contributed by atoms with Crippen LogP contribution < -0.4 is 4.90 Å². The van der Waals surface area contributed by atoms with E-state index in [2.05, 4.69) is 63.8 Å². The highest BCUT2D eigenvalue weighted by Crippen LogP contribution is 2.36. The average molecular weight is 341 g/mol. The van der Waals surface area contributed by atoms with Crippen molar-refractivity contribution in [2.75, 3.05) is 4.90 Å². The predicted octanol–water partition coefficient (Wildman–Crippen LogP) is 5.05. The summed E-state index contributed by atoms with van der Waals surface area (Å²) in [5.41, 5.74) is 4.11. The summed E-state index contributed by atoms with van der Waals surface area (Å²) < 4.78 is 0. The smallest absolute Gasteiger partial charge is 0.119 e. The number of phenols is 1. The Labute approximate surface area is 151 Å². The molecule has 25 heavy (non-hydrogen) atoms. The second kappa shape index (κ2) is 8.39. The molecule has 0 aliphatic rings. The summed E-state index contributed by atoms with van der Waals surface area (Å²) in [4.78, 5) is 2.40. The Balaban J connectivity index is 2.47. The standard InChI is InChI=1S/C22H31NO2/c1-6-20(21-12-17(14-24)10-11-22(21)25)18-8-7-9-19(13-18)23(15(2)3)16(4)5/h7-13,15-16,20,24-25H,6,14H2,1-5H3/t20-/m0/s1. The van der Waals surface area contributed by atoms with Crippen molar-refractivity contribution >= 4 is 5.69 Å². The number of hydrogen-bond donors (Lipinski definition) is 2. The summed E-state index contributed by atoms with van der Waals surface area (Å²) in [5, 5.41) is 19.8. The lowest BCUT2D eigenvalue weighted by Gasteiger charge is -2.34. The molecule has 136 valence electrons. The Morgan fingerprint density at radius 3 is 2.20 bits per heavy atom. The van der Waals surface area contributed by atoms with Crippen molar-refractivity contribution in [3.8, 4) is 5.75 Å². The van der Waals surface area contributed by atoms with Crippen LogP contribution in [0.5, 0.6) is 5.75 Å². The SMILES string of the molecule is CC[C@@H](c1cccc(N(C(C)C)C(C)C)c1)c1cc(CO)ccc1O. The average Bonchev–Trinajstić information content (AvgIpc) is 2.57. The third-order valence-corrected chi connectivity index (χ3v) is 4.74. The molecule has 0 aliphatic carbocycles. The lowest BCUT2D eigenvalue weighted by Crippen LogP contribution is -2.37. The van der Waals surface area contributed by atoms with Gasteiger partial charge >= 0.3 is 0 Å². The minimum absolute atomic E-state index is 0.0156. The van der Waals surface area contributed by atoms with Gasteiger partial charge in [0.2, 0.25) is 0 Å². The molecule has 2 N–H and O–H groups in total. The molecule has 0 aromatic heterocycles. The molecule has 2 rings (SSSR count). The van der Waals surface area contributed by atoms with Crippen LogP contribution in [0.1, 0.15) is 63.6 Å². The topological polar surface area (TPSA) is 43.7 Å². The molecular weight excluding hydrogens is 310 g/mol. The molecule has 0 amide bonds. The van der Waals surface area contributed by atoms with Gasteiger partial charge in [-0.25, -0.2) is 0 Å². The van der Waals surface area contributed by atoms with Crippen LogP contribution in [0.25, 0.3) is 0 Å². The highest BCUT2D eigenvalue weighted by molar-refractivity contribution is 5.53. The second-order valence-corrected chi connectivity index (χ2v) is 7.20. The Morgan fingerprint density at radius 1 is 0.960 bits per heavy atom. The Kier molecular flexibility index (Phi) is 6.49. The van der Waals surface area contributed by atoms with Crippen LogP contribution in [0.4, 0.5) is 5.69 Å². The molecule has 0 radical (unpaired) electrons. The molecule has 2 aromatic carbocycles. The van der Waals surface area contributed by atoms with Gasteiger partial charge in [0.25, 0.3) is 0 Å². The fraction of sp³-hybridized carbons (Fsp3) is 0.455.